The summed E-state index contributed by atoms with van der Waals surface area (Å²) in [6.07, 6.45) is 0.740. The van der Waals surface area contributed by atoms with Crippen LogP contribution < -0.4 is 5.32 Å². The molecule has 0 saturated carbocycles. The summed E-state index contributed by atoms with van der Waals surface area (Å²) in [6.45, 7) is 3.66. The second kappa shape index (κ2) is 7.62. The first-order chi connectivity index (χ1) is 10.8. The van der Waals surface area contributed by atoms with Crippen molar-refractivity contribution in [2.45, 2.75) is 31.9 Å². The first kappa shape index (κ1) is 17.5. The molecule has 0 aliphatic heterocycles. The lowest BCUT2D eigenvalue weighted by Crippen LogP contribution is -2.45. The van der Waals surface area contributed by atoms with Crippen LogP contribution in [0.15, 0.2) is 47.8 Å². The molecule has 0 saturated heterocycles. The van der Waals surface area contributed by atoms with Crippen LogP contribution in [0.4, 0.5) is 4.79 Å². The number of nitrogens with zero attached hydrogens (tertiary/aromatic N) is 1. The topological polar surface area (TPSA) is 52.6 Å². The second-order valence-corrected chi connectivity index (χ2v) is 7.35. The number of benzene rings is 1. The molecule has 124 valence electrons. The maximum atomic E-state index is 12.4. The maximum absolute atomic E-state index is 12.4. The zero-order valence-electron chi connectivity index (χ0n) is 13.8. The second-order valence-electron chi connectivity index (χ2n) is 6.38. The molecule has 1 heterocycles. The number of thiophene rings is 1. The maximum Gasteiger partial charge on any atom is 0.317 e. The number of rotatable bonds is 6. The Hall–Kier alpha value is -1.85. The quantitative estimate of drug-likeness (QED) is 0.851. The van der Waals surface area contributed by atoms with Crippen molar-refractivity contribution < 1.29 is 9.90 Å². The first-order valence-electron chi connectivity index (χ1n) is 7.66. The summed E-state index contributed by atoms with van der Waals surface area (Å²) in [6, 6.07) is 13.9. The van der Waals surface area contributed by atoms with Crippen molar-refractivity contribution in [1.29, 1.82) is 0 Å². The highest BCUT2D eigenvalue weighted by Gasteiger charge is 2.22. The van der Waals surface area contributed by atoms with Gasteiger partial charge in [0.05, 0.1) is 18.2 Å². The Morgan fingerprint density at radius 3 is 2.52 bits per heavy atom. The number of carbonyl (C=O) groups is 1. The standard InChI is InChI=1S/C18H24N2O2S/c1-18(2,22)13-20(3)17(21)19-15(16-10-7-11-23-16)12-14-8-5-4-6-9-14/h4-11,15,22H,12-13H2,1-3H3,(H,19,21). The number of aliphatic hydroxyl groups is 1. The van der Waals surface area contributed by atoms with Crippen LogP contribution >= 0.6 is 11.3 Å². The van der Waals surface area contributed by atoms with E-state index in [1.165, 1.54) is 10.5 Å². The van der Waals surface area contributed by atoms with Crippen molar-refractivity contribution in [3.05, 3.63) is 58.3 Å². The average molecular weight is 332 g/mol. The Bertz CT molecular complexity index is 606. The Morgan fingerprint density at radius 1 is 1.26 bits per heavy atom. The van der Waals surface area contributed by atoms with Crippen molar-refractivity contribution in [2.75, 3.05) is 13.6 Å². The summed E-state index contributed by atoms with van der Waals surface area (Å²) < 4.78 is 0. The minimum absolute atomic E-state index is 0.0749. The van der Waals surface area contributed by atoms with E-state index in [0.29, 0.717) is 0 Å². The number of likely N-dealkylation sites (N-methyl/N-ethyl adjacent to an activating group) is 1. The summed E-state index contributed by atoms with van der Waals surface area (Å²) >= 11 is 1.63. The first-order valence-corrected chi connectivity index (χ1v) is 8.54. The molecule has 23 heavy (non-hydrogen) atoms. The molecular weight excluding hydrogens is 308 g/mol. The molecule has 0 aliphatic rings. The van der Waals surface area contributed by atoms with Gasteiger partial charge in [-0.25, -0.2) is 4.79 Å². The fraction of sp³-hybridized carbons (Fsp3) is 0.389. The molecule has 2 N–H and O–H groups in total. The van der Waals surface area contributed by atoms with E-state index in [4.69, 9.17) is 0 Å². The van der Waals surface area contributed by atoms with Crippen LogP contribution in [0.5, 0.6) is 0 Å². The number of urea groups is 1. The van der Waals surface area contributed by atoms with Gasteiger partial charge in [0.25, 0.3) is 0 Å². The molecule has 1 aromatic carbocycles. The molecule has 2 amide bonds. The van der Waals surface area contributed by atoms with Gasteiger partial charge in [-0.3, -0.25) is 0 Å². The third-order valence-corrected chi connectivity index (χ3v) is 4.42. The number of hydrogen-bond acceptors (Lipinski definition) is 3. The monoisotopic (exact) mass is 332 g/mol. The molecule has 0 bridgehead atoms. The summed E-state index contributed by atoms with van der Waals surface area (Å²) in [5.74, 6) is 0. The molecule has 0 radical (unpaired) electrons. The largest absolute Gasteiger partial charge is 0.389 e. The Kier molecular flexibility index (Phi) is 5.80. The van der Waals surface area contributed by atoms with Crippen molar-refractivity contribution >= 4 is 17.4 Å². The summed E-state index contributed by atoms with van der Waals surface area (Å²) in [7, 11) is 1.70. The zero-order chi connectivity index (χ0) is 16.9. The van der Waals surface area contributed by atoms with E-state index in [-0.39, 0.29) is 18.6 Å². The van der Waals surface area contributed by atoms with Crippen LogP contribution in [0.1, 0.15) is 30.3 Å². The highest BCUT2D eigenvalue weighted by molar-refractivity contribution is 7.10. The summed E-state index contributed by atoms with van der Waals surface area (Å²) in [5.41, 5.74) is 0.264. The van der Waals surface area contributed by atoms with E-state index in [2.05, 4.69) is 17.4 Å². The van der Waals surface area contributed by atoms with Gasteiger partial charge in [-0.1, -0.05) is 36.4 Å². The van der Waals surface area contributed by atoms with Crippen LogP contribution in [-0.4, -0.2) is 35.2 Å². The number of hydrogen-bond donors (Lipinski definition) is 2. The van der Waals surface area contributed by atoms with Gasteiger partial charge in [-0.15, -0.1) is 11.3 Å². The van der Waals surface area contributed by atoms with Crippen LogP contribution in [0.3, 0.4) is 0 Å². The summed E-state index contributed by atoms with van der Waals surface area (Å²) in [5, 5.41) is 15.0. The minimum Gasteiger partial charge on any atom is -0.389 e. The molecule has 0 spiro atoms. The Balaban J connectivity index is 2.08. The highest BCUT2D eigenvalue weighted by atomic mass is 32.1. The number of amides is 2. The van der Waals surface area contributed by atoms with Gasteiger partial charge in [0.2, 0.25) is 0 Å². The molecule has 1 aromatic heterocycles. The van der Waals surface area contributed by atoms with Gasteiger partial charge < -0.3 is 15.3 Å². The fourth-order valence-electron chi connectivity index (χ4n) is 2.47. The van der Waals surface area contributed by atoms with E-state index < -0.39 is 5.60 Å². The van der Waals surface area contributed by atoms with Gasteiger partial charge in [0.1, 0.15) is 0 Å². The molecule has 1 unspecified atom stereocenters. The van der Waals surface area contributed by atoms with E-state index in [9.17, 15) is 9.90 Å². The predicted molar refractivity (Wildman–Crippen MR) is 94.7 cm³/mol. The number of nitrogens with one attached hydrogen (secondary N) is 1. The van der Waals surface area contributed by atoms with E-state index in [0.717, 1.165) is 11.3 Å². The zero-order valence-corrected chi connectivity index (χ0v) is 14.6. The van der Waals surface area contributed by atoms with Crippen molar-refractivity contribution in [3.63, 3.8) is 0 Å². The predicted octanol–water partition coefficient (Wildman–Crippen LogP) is 3.44. The molecule has 1 atom stereocenters. The van der Waals surface area contributed by atoms with E-state index >= 15 is 0 Å². The van der Waals surface area contributed by atoms with Crippen molar-refractivity contribution in [2.24, 2.45) is 0 Å². The molecule has 4 nitrogen and oxygen atoms in total. The van der Waals surface area contributed by atoms with Crippen molar-refractivity contribution in [3.8, 4) is 0 Å². The molecule has 0 aliphatic carbocycles. The van der Waals surface area contributed by atoms with Gasteiger partial charge in [0, 0.05) is 11.9 Å². The molecule has 2 rings (SSSR count). The molecule has 5 heteroatoms. The normalized spacial score (nSPS) is 12.7. The van der Waals surface area contributed by atoms with Crippen molar-refractivity contribution in [1.82, 2.24) is 10.2 Å². The number of carbonyl (C=O) groups excluding carboxylic acids is 1. The van der Waals surface area contributed by atoms with Gasteiger partial charge in [-0.2, -0.15) is 0 Å². The summed E-state index contributed by atoms with van der Waals surface area (Å²) in [4.78, 5) is 15.1. The average Bonchev–Trinajstić information content (AvgIpc) is 3.00. The van der Waals surface area contributed by atoms with Crippen LogP contribution in [-0.2, 0) is 6.42 Å². The molecular formula is C18H24N2O2S. The van der Waals surface area contributed by atoms with Gasteiger partial charge in [0.15, 0.2) is 0 Å². The minimum atomic E-state index is -0.913. The lowest BCUT2D eigenvalue weighted by Gasteiger charge is -2.28. The van der Waals surface area contributed by atoms with Crippen LogP contribution in [0.2, 0.25) is 0 Å². The molecule has 2 aromatic rings. The fourth-order valence-corrected chi connectivity index (χ4v) is 3.25. The van der Waals surface area contributed by atoms with E-state index in [1.807, 2.05) is 35.7 Å². The third-order valence-electron chi connectivity index (χ3n) is 3.44. The van der Waals surface area contributed by atoms with E-state index in [1.54, 1.807) is 32.2 Å². The SMILES string of the molecule is CN(CC(C)(C)O)C(=O)NC(Cc1ccccc1)c1cccs1. The van der Waals surface area contributed by atoms with Gasteiger partial charge >= 0.3 is 6.03 Å². The Labute approximate surface area is 141 Å². The third kappa shape index (κ3) is 5.69. The lowest BCUT2D eigenvalue weighted by molar-refractivity contribution is 0.0528. The smallest absolute Gasteiger partial charge is 0.317 e. The Morgan fingerprint density at radius 2 is 1.96 bits per heavy atom. The molecule has 0 fully saturated rings. The van der Waals surface area contributed by atoms with Crippen LogP contribution in [0, 0.1) is 0 Å². The highest BCUT2D eigenvalue weighted by Crippen LogP contribution is 2.23. The van der Waals surface area contributed by atoms with Gasteiger partial charge in [-0.05, 0) is 37.3 Å². The lowest BCUT2D eigenvalue weighted by atomic mass is 10.0. The van der Waals surface area contributed by atoms with Crippen LogP contribution in [0.25, 0.3) is 0 Å².